The minimum absolute atomic E-state index is 0.0830. The molecule has 8 heteroatoms. The maximum absolute atomic E-state index is 14.9. The van der Waals surface area contributed by atoms with Crippen molar-refractivity contribution in [2.45, 2.75) is 71.6 Å². The van der Waals surface area contributed by atoms with Gasteiger partial charge in [-0.2, -0.15) is 0 Å². The Labute approximate surface area is 202 Å². The Kier molecular flexibility index (Phi) is 6.62. The number of esters is 1. The molecule has 1 aliphatic carbocycles. The molecule has 0 atom stereocenters. The lowest BCUT2D eigenvalue weighted by atomic mass is 10.1. The summed E-state index contributed by atoms with van der Waals surface area (Å²) >= 11 is 1.48. The summed E-state index contributed by atoms with van der Waals surface area (Å²) < 4.78 is 27.9. The van der Waals surface area contributed by atoms with Crippen molar-refractivity contribution >= 4 is 34.3 Å². The van der Waals surface area contributed by atoms with Crippen LogP contribution in [0.25, 0.3) is 17.0 Å². The number of ether oxygens (including phenoxy) is 2. The number of fused-ring (bicyclic) bond motifs is 1. The number of aromatic nitrogens is 2. The third kappa shape index (κ3) is 5.55. The molecule has 6 nitrogen and oxygen atoms in total. The Morgan fingerprint density at radius 2 is 2.06 bits per heavy atom. The van der Waals surface area contributed by atoms with Crippen LogP contribution in [0, 0.1) is 5.82 Å². The minimum Gasteiger partial charge on any atom is -0.483 e. The van der Waals surface area contributed by atoms with Crippen LogP contribution in [0.15, 0.2) is 34.6 Å². The van der Waals surface area contributed by atoms with Gasteiger partial charge in [0.1, 0.15) is 17.2 Å². The lowest BCUT2D eigenvalue weighted by molar-refractivity contribution is -0.148. The standard InChI is InChI=1S/C26H29FN2O4S/c1-15(2)20-14-34-23(28-20)13-32-22-11-21-18(10-19(22)27)25(31)16(12-29(21)17-7-8-17)6-9-24(30)33-26(3,4)5/h6,9-12,14-15,17H,7-8,13H2,1-5H3/b9-6-. The van der Waals surface area contributed by atoms with Gasteiger partial charge in [0.15, 0.2) is 17.0 Å². The van der Waals surface area contributed by atoms with Crippen molar-refractivity contribution in [2.75, 3.05) is 0 Å². The van der Waals surface area contributed by atoms with E-state index in [1.807, 2.05) is 9.95 Å². The summed E-state index contributed by atoms with van der Waals surface area (Å²) in [4.78, 5) is 29.7. The summed E-state index contributed by atoms with van der Waals surface area (Å²) in [6.45, 7) is 9.61. The van der Waals surface area contributed by atoms with Crippen molar-refractivity contribution < 1.29 is 18.7 Å². The molecule has 2 heterocycles. The quantitative estimate of drug-likeness (QED) is 0.304. The van der Waals surface area contributed by atoms with Crippen LogP contribution in [0.2, 0.25) is 0 Å². The molecule has 1 saturated carbocycles. The monoisotopic (exact) mass is 484 g/mol. The number of hydrogen-bond acceptors (Lipinski definition) is 6. The Balaban J connectivity index is 1.65. The SMILES string of the molecule is CC(C)c1csc(COc2cc3c(cc2F)c(=O)c(/C=C\C(=O)OC(C)(C)C)cn3C2CC2)n1. The molecule has 2 aromatic heterocycles. The third-order valence-electron chi connectivity index (χ3n) is 5.37. The van der Waals surface area contributed by atoms with Gasteiger partial charge < -0.3 is 14.0 Å². The maximum atomic E-state index is 14.9. The molecule has 1 aliphatic rings. The lowest BCUT2D eigenvalue weighted by Crippen LogP contribution is -2.22. The molecule has 1 fully saturated rings. The number of benzene rings is 1. The largest absolute Gasteiger partial charge is 0.483 e. The van der Waals surface area contributed by atoms with Gasteiger partial charge in [0.25, 0.3) is 0 Å². The van der Waals surface area contributed by atoms with Gasteiger partial charge in [-0.1, -0.05) is 13.8 Å². The normalized spacial score (nSPS) is 14.3. The minimum atomic E-state index is -0.631. The summed E-state index contributed by atoms with van der Waals surface area (Å²) in [6.07, 6.45) is 6.33. The van der Waals surface area contributed by atoms with Gasteiger partial charge in [0.2, 0.25) is 0 Å². The van der Waals surface area contributed by atoms with Crippen molar-refractivity contribution in [2.24, 2.45) is 0 Å². The number of nitrogens with zero attached hydrogens (tertiary/aromatic N) is 2. The predicted molar refractivity (Wildman–Crippen MR) is 132 cm³/mol. The van der Waals surface area contributed by atoms with Gasteiger partial charge in [-0.25, -0.2) is 14.2 Å². The van der Waals surface area contributed by atoms with Crippen LogP contribution in [0.1, 0.15) is 75.7 Å². The molecule has 34 heavy (non-hydrogen) atoms. The zero-order valence-electron chi connectivity index (χ0n) is 20.1. The van der Waals surface area contributed by atoms with E-state index in [1.165, 1.54) is 29.6 Å². The molecule has 0 aliphatic heterocycles. The number of hydrogen-bond donors (Lipinski definition) is 0. The highest BCUT2D eigenvalue weighted by atomic mass is 32.1. The Hall–Kier alpha value is -3.00. The van der Waals surface area contributed by atoms with Crippen LogP contribution < -0.4 is 10.2 Å². The highest BCUT2D eigenvalue weighted by molar-refractivity contribution is 7.09. The van der Waals surface area contributed by atoms with Gasteiger partial charge in [-0.05, 0) is 51.7 Å². The Morgan fingerprint density at radius 3 is 2.68 bits per heavy atom. The summed E-state index contributed by atoms with van der Waals surface area (Å²) in [5, 5.41) is 3.00. The van der Waals surface area contributed by atoms with Gasteiger partial charge in [0, 0.05) is 40.7 Å². The van der Waals surface area contributed by atoms with Crippen LogP contribution in [-0.2, 0) is 16.1 Å². The fourth-order valence-corrected chi connectivity index (χ4v) is 4.41. The van der Waals surface area contributed by atoms with E-state index >= 15 is 0 Å². The van der Waals surface area contributed by atoms with Gasteiger partial charge in [0.05, 0.1) is 11.2 Å². The van der Waals surface area contributed by atoms with E-state index in [-0.39, 0.29) is 29.2 Å². The van der Waals surface area contributed by atoms with E-state index in [1.54, 1.807) is 33.0 Å². The van der Waals surface area contributed by atoms with Crippen LogP contribution in [0.4, 0.5) is 4.39 Å². The average molecular weight is 485 g/mol. The number of pyridine rings is 1. The molecular formula is C26H29FN2O4S. The third-order valence-corrected chi connectivity index (χ3v) is 6.21. The van der Waals surface area contributed by atoms with Crippen LogP contribution >= 0.6 is 11.3 Å². The van der Waals surface area contributed by atoms with E-state index in [2.05, 4.69) is 18.8 Å². The van der Waals surface area contributed by atoms with Crippen molar-refractivity contribution in [3.8, 4) is 5.75 Å². The molecule has 0 saturated heterocycles. The zero-order valence-corrected chi connectivity index (χ0v) is 20.9. The number of carbonyl (C=O) groups is 1. The summed E-state index contributed by atoms with van der Waals surface area (Å²) in [7, 11) is 0. The molecule has 3 aromatic rings. The highest BCUT2D eigenvalue weighted by Gasteiger charge is 2.26. The zero-order chi connectivity index (χ0) is 24.6. The Morgan fingerprint density at radius 1 is 1.32 bits per heavy atom. The molecule has 4 rings (SSSR count). The first-order valence-electron chi connectivity index (χ1n) is 11.4. The average Bonchev–Trinajstić information content (AvgIpc) is 3.47. The molecule has 180 valence electrons. The molecule has 0 radical (unpaired) electrons. The van der Waals surface area contributed by atoms with E-state index in [4.69, 9.17) is 9.47 Å². The fourth-order valence-electron chi connectivity index (χ4n) is 3.55. The number of thiazole rings is 1. The van der Waals surface area contributed by atoms with Crippen molar-refractivity contribution in [3.05, 3.63) is 62.1 Å². The predicted octanol–water partition coefficient (Wildman–Crippen LogP) is 5.99. The highest BCUT2D eigenvalue weighted by Crippen LogP contribution is 2.38. The smallest absolute Gasteiger partial charge is 0.331 e. The maximum Gasteiger partial charge on any atom is 0.331 e. The van der Waals surface area contributed by atoms with Crippen molar-refractivity contribution in [1.29, 1.82) is 0 Å². The summed E-state index contributed by atoms with van der Waals surface area (Å²) in [5.41, 5.74) is 0.923. The second kappa shape index (κ2) is 9.33. The Bertz CT molecular complexity index is 1310. The first kappa shape index (κ1) is 24.1. The first-order chi connectivity index (χ1) is 16.0. The number of halogens is 1. The molecule has 1 aromatic carbocycles. The number of carbonyl (C=O) groups excluding carboxylic acids is 1. The second-order valence-electron chi connectivity index (χ2n) is 9.83. The molecule has 0 spiro atoms. The summed E-state index contributed by atoms with van der Waals surface area (Å²) in [5.74, 6) is -0.753. The van der Waals surface area contributed by atoms with Gasteiger partial charge >= 0.3 is 5.97 Å². The van der Waals surface area contributed by atoms with E-state index < -0.39 is 17.4 Å². The molecule has 0 unspecified atom stereocenters. The fraction of sp³-hybridized carbons (Fsp3) is 0.423. The van der Waals surface area contributed by atoms with Crippen molar-refractivity contribution in [1.82, 2.24) is 9.55 Å². The van der Waals surface area contributed by atoms with E-state index in [0.29, 0.717) is 17.0 Å². The van der Waals surface area contributed by atoms with Crippen LogP contribution in [0.5, 0.6) is 5.75 Å². The molecule has 0 N–H and O–H groups in total. The van der Waals surface area contributed by atoms with Gasteiger partial charge in [-0.3, -0.25) is 4.79 Å². The van der Waals surface area contributed by atoms with Crippen molar-refractivity contribution in [3.63, 3.8) is 0 Å². The van der Waals surface area contributed by atoms with Gasteiger partial charge in [-0.15, -0.1) is 11.3 Å². The molecule has 0 amide bonds. The first-order valence-corrected chi connectivity index (χ1v) is 12.3. The van der Waals surface area contributed by atoms with E-state index in [0.717, 1.165) is 23.5 Å². The molecule has 0 bridgehead atoms. The lowest BCUT2D eigenvalue weighted by Gasteiger charge is -2.18. The molecular weight excluding hydrogens is 455 g/mol. The van der Waals surface area contributed by atoms with E-state index in [9.17, 15) is 14.0 Å². The summed E-state index contributed by atoms with van der Waals surface area (Å²) in [6, 6.07) is 3.03. The topological polar surface area (TPSA) is 70.4 Å². The van der Waals surface area contributed by atoms with Crippen LogP contribution in [-0.4, -0.2) is 21.1 Å². The second-order valence-corrected chi connectivity index (χ2v) is 10.8. The van der Waals surface area contributed by atoms with Crippen LogP contribution in [0.3, 0.4) is 0 Å². The number of rotatable bonds is 7.